The molecule has 0 saturated carbocycles. The van der Waals surface area contributed by atoms with E-state index >= 15 is 0 Å². The fourth-order valence-electron chi connectivity index (χ4n) is 2.17. The van der Waals surface area contributed by atoms with Crippen LogP contribution in [0.25, 0.3) is 0 Å². The molecule has 0 aromatic carbocycles. The summed E-state index contributed by atoms with van der Waals surface area (Å²) in [6.45, 7) is 11.9. The standard InChI is InChI=1S/C14H28N4/c1-3-9-16-14(15-4-2)17-10-13-18-11-7-5-6-8-12-18/h3H,1,4-13H2,2H3,(H2,15,16,17). The molecule has 0 unspecified atom stereocenters. The van der Waals surface area contributed by atoms with E-state index in [1.165, 1.54) is 38.8 Å². The van der Waals surface area contributed by atoms with Crippen LogP contribution in [0.15, 0.2) is 17.6 Å². The summed E-state index contributed by atoms with van der Waals surface area (Å²) in [6, 6.07) is 0. The first-order valence-corrected chi connectivity index (χ1v) is 7.22. The average molecular weight is 252 g/mol. The van der Waals surface area contributed by atoms with E-state index in [0.717, 1.165) is 32.1 Å². The maximum Gasteiger partial charge on any atom is 0.191 e. The Labute approximate surface area is 112 Å². The van der Waals surface area contributed by atoms with Crippen LogP contribution in [-0.2, 0) is 0 Å². The minimum atomic E-state index is 0.759. The number of rotatable bonds is 6. The lowest BCUT2D eigenvalue weighted by Gasteiger charge is -2.18. The van der Waals surface area contributed by atoms with E-state index in [4.69, 9.17) is 0 Å². The Balaban J connectivity index is 2.27. The Bertz CT molecular complexity index is 242. The summed E-state index contributed by atoms with van der Waals surface area (Å²) in [4.78, 5) is 7.12. The van der Waals surface area contributed by atoms with Gasteiger partial charge in [0.1, 0.15) is 0 Å². The van der Waals surface area contributed by atoms with Crippen LogP contribution in [-0.4, -0.2) is 50.1 Å². The molecule has 1 rings (SSSR count). The highest BCUT2D eigenvalue weighted by Gasteiger charge is 2.07. The first-order chi connectivity index (χ1) is 8.86. The van der Waals surface area contributed by atoms with Gasteiger partial charge in [0.05, 0.1) is 6.54 Å². The second-order valence-electron chi connectivity index (χ2n) is 4.69. The van der Waals surface area contributed by atoms with Crippen molar-refractivity contribution in [1.82, 2.24) is 15.5 Å². The van der Waals surface area contributed by atoms with Gasteiger partial charge in [-0.15, -0.1) is 6.58 Å². The Kier molecular flexibility index (Phi) is 8.30. The molecule has 104 valence electrons. The zero-order chi connectivity index (χ0) is 13.1. The van der Waals surface area contributed by atoms with Crippen LogP contribution in [0.4, 0.5) is 0 Å². The quantitative estimate of drug-likeness (QED) is 0.428. The Morgan fingerprint density at radius 1 is 1.22 bits per heavy atom. The topological polar surface area (TPSA) is 39.7 Å². The van der Waals surface area contributed by atoms with E-state index in [9.17, 15) is 0 Å². The molecule has 1 aliphatic heterocycles. The van der Waals surface area contributed by atoms with Gasteiger partial charge in [0.25, 0.3) is 0 Å². The predicted molar refractivity (Wildman–Crippen MR) is 79.1 cm³/mol. The lowest BCUT2D eigenvalue weighted by Crippen LogP contribution is -2.38. The van der Waals surface area contributed by atoms with E-state index in [1.807, 2.05) is 6.08 Å². The molecular weight excluding hydrogens is 224 g/mol. The third kappa shape index (κ3) is 6.64. The van der Waals surface area contributed by atoms with Gasteiger partial charge in [-0.3, -0.25) is 4.99 Å². The van der Waals surface area contributed by atoms with Crippen molar-refractivity contribution in [2.45, 2.75) is 32.6 Å². The summed E-state index contributed by atoms with van der Waals surface area (Å²) in [5.41, 5.74) is 0. The van der Waals surface area contributed by atoms with Crippen molar-refractivity contribution in [1.29, 1.82) is 0 Å². The van der Waals surface area contributed by atoms with Crippen LogP contribution in [0.3, 0.4) is 0 Å². The van der Waals surface area contributed by atoms with Crippen LogP contribution in [0.1, 0.15) is 32.6 Å². The Morgan fingerprint density at radius 2 is 1.94 bits per heavy atom. The SMILES string of the molecule is C=CCNC(=NCCN1CCCCCC1)NCC. The number of likely N-dealkylation sites (tertiary alicyclic amines) is 1. The highest BCUT2D eigenvalue weighted by molar-refractivity contribution is 5.79. The number of hydrogen-bond acceptors (Lipinski definition) is 2. The molecule has 0 aromatic rings. The van der Waals surface area contributed by atoms with Crippen molar-refractivity contribution in [2.75, 3.05) is 39.3 Å². The van der Waals surface area contributed by atoms with E-state index in [1.54, 1.807) is 0 Å². The molecule has 2 N–H and O–H groups in total. The molecular formula is C14H28N4. The molecule has 0 amide bonds. The van der Waals surface area contributed by atoms with Gasteiger partial charge >= 0.3 is 0 Å². The zero-order valence-corrected chi connectivity index (χ0v) is 11.7. The number of aliphatic imine (C=N–C) groups is 1. The van der Waals surface area contributed by atoms with Crippen LogP contribution in [0, 0.1) is 0 Å². The summed E-state index contributed by atoms with van der Waals surface area (Å²) >= 11 is 0. The van der Waals surface area contributed by atoms with Crippen LogP contribution < -0.4 is 10.6 Å². The van der Waals surface area contributed by atoms with Crippen molar-refractivity contribution in [3.05, 3.63) is 12.7 Å². The zero-order valence-electron chi connectivity index (χ0n) is 11.7. The van der Waals surface area contributed by atoms with Crippen molar-refractivity contribution in [2.24, 2.45) is 4.99 Å². The van der Waals surface area contributed by atoms with E-state index < -0.39 is 0 Å². The highest BCUT2D eigenvalue weighted by atomic mass is 15.2. The number of guanidine groups is 1. The second kappa shape index (κ2) is 9.95. The molecule has 4 heteroatoms. The van der Waals surface area contributed by atoms with E-state index in [-0.39, 0.29) is 0 Å². The molecule has 18 heavy (non-hydrogen) atoms. The van der Waals surface area contributed by atoms with Crippen molar-refractivity contribution in [3.63, 3.8) is 0 Å². The van der Waals surface area contributed by atoms with Gasteiger partial charge in [-0.2, -0.15) is 0 Å². The molecule has 1 fully saturated rings. The van der Waals surface area contributed by atoms with Gasteiger partial charge in [0, 0.05) is 19.6 Å². The molecule has 0 bridgehead atoms. The molecule has 4 nitrogen and oxygen atoms in total. The number of nitrogens with one attached hydrogen (secondary N) is 2. The van der Waals surface area contributed by atoms with E-state index in [2.05, 4.69) is 34.0 Å². The van der Waals surface area contributed by atoms with Crippen molar-refractivity contribution >= 4 is 5.96 Å². The molecule has 1 saturated heterocycles. The van der Waals surface area contributed by atoms with Crippen molar-refractivity contribution < 1.29 is 0 Å². The highest BCUT2D eigenvalue weighted by Crippen LogP contribution is 2.08. The van der Waals surface area contributed by atoms with Crippen LogP contribution in [0.2, 0.25) is 0 Å². The first kappa shape index (κ1) is 15.0. The van der Waals surface area contributed by atoms with Crippen LogP contribution >= 0.6 is 0 Å². The predicted octanol–water partition coefficient (Wildman–Crippen LogP) is 1.60. The monoisotopic (exact) mass is 252 g/mol. The van der Waals surface area contributed by atoms with Crippen molar-refractivity contribution in [3.8, 4) is 0 Å². The normalized spacial score (nSPS) is 18.2. The number of hydrogen-bond donors (Lipinski definition) is 2. The average Bonchev–Trinajstić information content (AvgIpc) is 2.64. The molecule has 0 radical (unpaired) electrons. The fraction of sp³-hybridized carbons (Fsp3) is 0.786. The summed E-state index contributed by atoms with van der Waals surface area (Å²) in [5.74, 6) is 0.896. The summed E-state index contributed by atoms with van der Waals surface area (Å²) in [6.07, 6.45) is 7.32. The molecule has 1 aliphatic rings. The maximum atomic E-state index is 4.58. The molecule has 0 atom stereocenters. The van der Waals surface area contributed by atoms with Gasteiger partial charge < -0.3 is 15.5 Å². The molecule has 0 aromatic heterocycles. The number of nitrogens with zero attached hydrogens (tertiary/aromatic N) is 2. The smallest absolute Gasteiger partial charge is 0.191 e. The van der Waals surface area contributed by atoms with Gasteiger partial charge in [-0.05, 0) is 32.9 Å². The van der Waals surface area contributed by atoms with Gasteiger partial charge in [-0.1, -0.05) is 18.9 Å². The lowest BCUT2D eigenvalue weighted by atomic mass is 10.2. The Hall–Kier alpha value is -1.03. The van der Waals surface area contributed by atoms with Gasteiger partial charge in [0.2, 0.25) is 0 Å². The third-order valence-corrected chi connectivity index (χ3v) is 3.14. The molecule has 0 spiro atoms. The Morgan fingerprint density at radius 3 is 2.56 bits per heavy atom. The van der Waals surface area contributed by atoms with Crippen LogP contribution in [0.5, 0.6) is 0 Å². The molecule has 1 heterocycles. The van der Waals surface area contributed by atoms with Gasteiger partial charge in [0.15, 0.2) is 5.96 Å². The first-order valence-electron chi connectivity index (χ1n) is 7.22. The maximum absolute atomic E-state index is 4.58. The van der Waals surface area contributed by atoms with E-state index in [0.29, 0.717) is 0 Å². The second-order valence-corrected chi connectivity index (χ2v) is 4.69. The minimum Gasteiger partial charge on any atom is -0.357 e. The largest absolute Gasteiger partial charge is 0.357 e. The third-order valence-electron chi connectivity index (χ3n) is 3.14. The van der Waals surface area contributed by atoms with Gasteiger partial charge in [-0.25, -0.2) is 0 Å². The summed E-state index contributed by atoms with van der Waals surface area (Å²) in [7, 11) is 0. The fourth-order valence-corrected chi connectivity index (χ4v) is 2.17. The summed E-state index contributed by atoms with van der Waals surface area (Å²) in [5, 5.41) is 6.46. The molecule has 0 aliphatic carbocycles. The lowest BCUT2D eigenvalue weighted by molar-refractivity contribution is 0.293. The minimum absolute atomic E-state index is 0.759. The summed E-state index contributed by atoms with van der Waals surface area (Å²) < 4.78 is 0.